The minimum atomic E-state index is -0.526. The van der Waals surface area contributed by atoms with Crippen LogP contribution >= 0.6 is 34.8 Å². The van der Waals surface area contributed by atoms with Crippen molar-refractivity contribution < 1.29 is 9.72 Å². The molecule has 0 aliphatic rings. The SMILES string of the molecule is Cc1nn(CC(=O)Nc2cc(Cl)c(Cl)cc2Cl)c(C)c1[N+](=O)[O-]. The number of halogens is 3. The van der Waals surface area contributed by atoms with Crippen LogP contribution in [-0.2, 0) is 11.3 Å². The summed E-state index contributed by atoms with van der Waals surface area (Å²) in [6.45, 7) is 2.84. The van der Waals surface area contributed by atoms with Crippen LogP contribution in [0.1, 0.15) is 11.4 Å². The van der Waals surface area contributed by atoms with E-state index in [1.54, 1.807) is 0 Å². The third kappa shape index (κ3) is 3.74. The molecule has 0 bridgehead atoms. The van der Waals surface area contributed by atoms with Gasteiger partial charge in [-0.15, -0.1) is 0 Å². The maximum atomic E-state index is 12.1. The van der Waals surface area contributed by atoms with Gasteiger partial charge < -0.3 is 5.32 Å². The summed E-state index contributed by atoms with van der Waals surface area (Å²) >= 11 is 17.7. The lowest BCUT2D eigenvalue weighted by atomic mass is 10.3. The fraction of sp³-hybridized carbons (Fsp3) is 0.231. The number of nitrogens with zero attached hydrogens (tertiary/aromatic N) is 3. The summed E-state index contributed by atoms with van der Waals surface area (Å²) in [5.41, 5.74) is 0.725. The molecule has 1 N–H and O–H groups in total. The van der Waals surface area contributed by atoms with E-state index in [4.69, 9.17) is 34.8 Å². The molecule has 0 atom stereocenters. The van der Waals surface area contributed by atoms with Crippen molar-refractivity contribution in [3.8, 4) is 0 Å². The minimum absolute atomic E-state index is 0.106. The molecule has 7 nitrogen and oxygen atoms in total. The molecule has 1 aromatic heterocycles. The van der Waals surface area contributed by atoms with E-state index in [-0.39, 0.29) is 33.0 Å². The Morgan fingerprint density at radius 2 is 1.87 bits per heavy atom. The van der Waals surface area contributed by atoms with Crippen LogP contribution in [0, 0.1) is 24.0 Å². The number of nitro groups is 1. The van der Waals surface area contributed by atoms with Crippen LogP contribution in [0.3, 0.4) is 0 Å². The summed E-state index contributed by atoms with van der Waals surface area (Å²) < 4.78 is 1.26. The first kappa shape index (κ1) is 17.5. The lowest BCUT2D eigenvalue weighted by molar-refractivity contribution is -0.386. The number of anilines is 1. The Kier molecular flexibility index (Phi) is 5.13. The van der Waals surface area contributed by atoms with Crippen LogP contribution in [0.25, 0.3) is 0 Å². The molecule has 23 heavy (non-hydrogen) atoms. The fourth-order valence-corrected chi connectivity index (χ4v) is 2.64. The van der Waals surface area contributed by atoms with Crippen LogP contribution in [0.4, 0.5) is 11.4 Å². The van der Waals surface area contributed by atoms with Gasteiger partial charge >= 0.3 is 5.69 Å². The average molecular weight is 378 g/mol. The predicted molar refractivity (Wildman–Crippen MR) is 88.5 cm³/mol. The van der Waals surface area contributed by atoms with Gasteiger partial charge in [-0.2, -0.15) is 5.10 Å². The molecule has 122 valence electrons. The second kappa shape index (κ2) is 6.74. The molecular weight excluding hydrogens is 367 g/mol. The van der Waals surface area contributed by atoms with Gasteiger partial charge in [-0.05, 0) is 26.0 Å². The molecule has 1 aromatic carbocycles. The third-order valence-corrected chi connectivity index (χ3v) is 4.14. The summed E-state index contributed by atoms with van der Waals surface area (Å²) in [6, 6.07) is 2.84. The van der Waals surface area contributed by atoms with Gasteiger partial charge in [-0.1, -0.05) is 34.8 Å². The maximum Gasteiger partial charge on any atom is 0.312 e. The fourth-order valence-electron chi connectivity index (χ4n) is 2.05. The highest BCUT2D eigenvalue weighted by molar-refractivity contribution is 6.44. The summed E-state index contributed by atoms with van der Waals surface area (Å²) in [7, 11) is 0. The van der Waals surface area contributed by atoms with Crippen molar-refractivity contribution in [3.63, 3.8) is 0 Å². The summed E-state index contributed by atoms with van der Waals surface area (Å²) in [5.74, 6) is -0.453. The van der Waals surface area contributed by atoms with Crippen molar-refractivity contribution in [2.75, 3.05) is 5.32 Å². The van der Waals surface area contributed by atoms with E-state index in [9.17, 15) is 14.9 Å². The molecule has 0 spiro atoms. The largest absolute Gasteiger partial charge is 0.323 e. The van der Waals surface area contributed by atoms with Crippen LogP contribution in [-0.4, -0.2) is 20.6 Å². The van der Waals surface area contributed by atoms with Crippen LogP contribution in [0.2, 0.25) is 15.1 Å². The number of aryl methyl sites for hydroxylation is 1. The maximum absolute atomic E-state index is 12.1. The summed E-state index contributed by atoms with van der Waals surface area (Å²) in [5, 5.41) is 18.3. The Morgan fingerprint density at radius 1 is 1.26 bits per heavy atom. The molecule has 0 unspecified atom stereocenters. The molecule has 0 fully saturated rings. The lowest BCUT2D eigenvalue weighted by Crippen LogP contribution is -2.20. The monoisotopic (exact) mass is 376 g/mol. The molecule has 1 amide bonds. The number of benzene rings is 1. The van der Waals surface area contributed by atoms with Crippen molar-refractivity contribution in [3.05, 3.63) is 48.7 Å². The number of rotatable bonds is 4. The van der Waals surface area contributed by atoms with Gasteiger partial charge in [0, 0.05) is 0 Å². The molecule has 0 saturated carbocycles. The van der Waals surface area contributed by atoms with E-state index in [0.717, 1.165) is 0 Å². The van der Waals surface area contributed by atoms with Gasteiger partial charge in [0.15, 0.2) is 0 Å². The second-order valence-electron chi connectivity index (χ2n) is 4.73. The van der Waals surface area contributed by atoms with Gasteiger partial charge in [0.05, 0.1) is 25.7 Å². The van der Waals surface area contributed by atoms with Crippen molar-refractivity contribution in [2.45, 2.75) is 20.4 Å². The quantitative estimate of drug-likeness (QED) is 0.495. The number of aromatic nitrogens is 2. The van der Waals surface area contributed by atoms with Gasteiger partial charge in [0.25, 0.3) is 0 Å². The normalized spacial score (nSPS) is 10.7. The van der Waals surface area contributed by atoms with Gasteiger partial charge in [-0.3, -0.25) is 19.6 Å². The number of amides is 1. The highest BCUT2D eigenvalue weighted by Gasteiger charge is 2.23. The number of hydrogen-bond donors (Lipinski definition) is 1. The molecular formula is C13H11Cl3N4O3. The Bertz CT molecular complexity index is 804. The average Bonchev–Trinajstić information content (AvgIpc) is 2.70. The van der Waals surface area contributed by atoms with Crippen molar-refractivity contribution >= 4 is 52.1 Å². The van der Waals surface area contributed by atoms with E-state index < -0.39 is 10.8 Å². The van der Waals surface area contributed by atoms with Gasteiger partial charge in [-0.25, -0.2) is 0 Å². The third-order valence-electron chi connectivity index (χ3n) is 3.10. The lowest BCUT2D eigenvalue weighted by Gasteiger charge is -2.09. The Hall–Kier alpha value is -1.83. The highest BCUT2D eigenvalue weighted by atomic mass is 35.5. The predicted octanol–water partition coefficient (Wildman–Crippen LogP) is 4.01. The zero-order valence-corrected chi connectivity index (χ0v) is 14.3. The zero-order chi connectivity index (χ0) is 17.3. The Morgan fingerprint density at radius 3 is 2.43 bits per heavy atom. The van der Waals surface area contributed by atoms with Crippen molar-refractivity contribution in [1.29, 1.82) is 0 Å². The van der Waals surface area contributed by atoms with E-state index in [2.05, 4.69) is 10.4 Å². The Balaban J connectivity index is 2.19. The second-order valence-corrected chi connectivity index (χ2v) is 5.95. The molecule has 2 rings (SSSR count). The molecule has 0 radical (unpaired) electrons. The highest BCUT2D eigenvalue weighted by Crippen LogP contribution is 2.32. The molecule has 0 aliphatic heterocycles. The summed E-state index contributed by atoms with van der Waals surface area (Å²) in [4.78, 5) is 22.5. The smallest absolute Gasteiger partial charge is 0.312 e. The van der Waals surface area contributed by atoms with Crippen molar-refractivity contribution in [2.24, 2.45) is 0 Å². The standard InChI is InChI=1S/C13H11Cl3N4O3/c1-6-13(20(22)23)7(2)19(18-6)5-12(21)17-11-4-9(15)8(14)3-10(11)16/h3-4H,5H2,1-2H3,(H,17,21). The van der Waals surface area contributed by atoms with E-state index in [1.807, 2.05) is 0 Å². The molecule has 1 heterocycles. The number of hydrogen-bond acceptors (Lipinski definition) is 4. The number of carbonyl (C=O) groups excluding carboxylic acids is 1. The first-order valence-corrected chi connectivity index (χ1v) is 7.47. The van der Waals surface area contributed by atoms with Crippen molar-refractivity contribution in [1.82, 2.24) is 9.78 Å². The minimum Gasteiger partial charge on any atom is -0.323 e. The molecule has 0 saturated heterocycles. The van der Waals surface area contributed by atoms with E-state index in [1.165, 1.54) is 30.7 Å². The van der Waals surface area contributed by atoms with Gasteiger partial charge in [0.1, 0.15) is 17.9 Å². The molecule has 0 aliphatic carbocycles. The van der Waals surface area contributed by atoms with E-state index >= 15 is 0 Å². The van der Waals surface area contributed by atoms with Gasteiger partial charge in [0.2, 0.25) is 5.91 Å². The van der Waals surface area contributed by atoms with E-state index in [0.29, 0.717) is 11.4 Å². The van der Waals surface area contributed by atoms with Crippen LogP contribution in [0.15, 0.2) is 12.1 Å². The first-order chi connectivity index (χ1) is 10.7. The Labute approximate surface area is 146 Å². The number of nitrogens with one attached hydrogen (secondary N) is 1. The first-order valence-electron chi connectivity index (χ1n) is 6.33. The van der Waals surface area contributed by atoms with Crippen LogP contribution < -0.4 is 5.32 Å². The number of carbonyl (C=O) groups is 1. The molecule has 2 aromatic rings. The van der Waals surface area contributed by atoms with Crippen LogP contribution in [0.5, 0.6) is 0 Å². The molecule has 10 heteroatoms. The topological polar surface area (TPSA) is 90.1 Å². The summed E-state index contributed by atoms with van der Waals surface area (Å²) in [6.07, 6.45) is 0. The zero-order valence-electron chi connectivity index (χ0n) is 12.1.